The van der Waals surface area contributed by atoms with Gasteiger partial charge in [-0.2, -0.15) is 0 Å². The molecular weight excluding hydrogens is 298 g/mol. The Balaban J connectivity index is 1.93. The quantitative estimate of drug-likeness (QED) is 0.883. The Morgan fingerprint density at radius 3 is 2.45 bits per heavy atom. The second-order valence-corrected chi connectivity index (χ2v) is 6.39. The third-order valence-corrected chi connectivity index (χ3v) is 4.21. The predicted molar refractivity (Wildman–Crippen MR) is 88.5 cm³/mol. The van der Waals surface area contributed by atoms with Gasteiger partial charge in [-0.05, 0) is 37.0 Å². The minimum atomic E-state index is -0.598. The Morgan fingerprint density at radius 2 is 1.91 bits per heavy atom. The van der Waals surface area contributed by atoms with Gasteiger partial charge in [-0.1, -0.05) is 44.2 Å². The topological polar surface area (TPSA) is 64.1 Å². The molecule has 1 atom stereocenters. The summed E-state index contributed by atoms with van der Waals surface area (Å²) in [6.45, 7) is 7.99. The highest BCUT2D eigenvalue weighted by molar-refractivity contribution is 7.15. The lowest BCUT2D eigenvalue weighted by Crippen LogP contribution is -2.30. The molecule has 1 aromatic heterocycles. The summed E-state index contributed by atoms with van der Waals surface area (Å²) in [5.41, 5.74) is 1.24. The fraction of sp³-hybridized carbons (Fsp3) is 0.438. The third kappa shape index (κ3) is 4.27. The summed E-state index contributed by atoms with van der Waals surface area (Å²) < 4.78 is 5.66. The van der Waals surface area contributed by atoms with Gasteiger partial charge in [-0.15, -0.1) is 10.2 Å². The Morgan fingerprint density at radius 1 is 1.23 bits per heavy atom. The van der Waals surface area contributed by atoms with Gasteiger partial charge in [0.1, 0.15) is 10.8 Å². The molecule has 0 aliphatic heterocycles. The van der Waals surface area contributed by atoms with Gasteiger partial charge in [-0.3, -0.25) is 10.1 Å². The lowest BCUT2D eigenvalue weighted by molar-refractivity contribution is -0.122. The molecule has 1 aromatic carbocycles. The number of anilines is 1. The zero-order valence-corrected chi connectivity index (χ0v) is 14.1. The van der Waals surface area contributed by atoms with Gasteiger partial charge in [-0.25, -0.2) is 0 Å². The number of rotatable bonds is 6. The van der Waals surface area contributed by atoms with Gasteiger partial charge >= 0.3 is 0 Å². The molecule has 0 aliphatic carbocycles. The molecular formula is C16H21N3O2S. The number of aromatic nitrogens is 2. The van der Waals surface area contributed by atoms with Crippen molar-refractivity contribution < 1.29 is 9.53 Å². The maximum atomic E-state index is 12.1. The number of ether oxygens (including phenoxy) is 1. The number of benzene rings is 1. The van der Waals surface area contributed by atoms with E-state index in [1.165, 1.54) is 16.9 Å². The van der Waals surface area contributed by atoms with Crippen LogP contribution >= 0.6 is 11.3 Å². The Kier molecular flexibility index (Phi) is 5.49. The third-order valence-electron chi connectivity index (χ3n) is 3.23. The van der Waals surface area contributed by atoms with Crippen LogP contribution in [0.5, 0.6) is 5.75 Å². The van der Waals surface area contributed by atoms with E-state index in [0.717, 1.165) is 11.4 Å². The molecule has 0 aliphatic rings. The second-order valence-electron chi connectivity index (χ2n) is 5.33. The van der Waals surface area contributed by atoms with E-state index in [0.29, 0.717) is 16.8 Å². The van der Waals surface area contributed by atoms with Gasteiger partial charge in [0.25, 0.3) is 5.91 Å². The van der Waals surface area contributed by atoms with Crippen LogP contribution in [-0.4, -0.2) is 22.2 Å². The highest BCUT2D eigenvalue weighted by atomic mass is 32.1. The number of hydrogen-bond acceptors (Lipinski definition) is 5. The first kappa shape index (κ1) is 16.4. The van der Waals surface area contributed by atoms with Crippen molar-refractivity contribution in [1.82, 2.24) is 10.2 Å². The van der Waals surface area contributed by atoms with E-state index in [1.54, 1.807) is 6.92 Å². The summed E-state index contributed by atoms with van der Waals surface area (Å²) >= 11 is 1.38. The van der Waals surface area contributed by atoms with Crippen molar-refractivity contribution in [3.05, 3.63) is 34.8 Å². The molecule has 22 heavy (non-hydrogen) atoms. The summed E-state index contributed by atoms with van der Waals surface area (Å²) in [5, 5.41) is 12.0. The standard InChI is InChI=1S/C16H21N3O2S/c1-5-14-18-19-16(22-14)17-15(20)11(4)21-13-8-6-12(7-9-13)10(2)3/h6-11H,5H2,1-4H3,(H,17,19,20). The number of hydrogen-bond donors (Lipinski definition) is 1. The van der Waals surface area contributed by atoms with Gasteiger partial charge < -0.3 is 4.74 Å². The number of carbonyl (C=O) groups is 1. The van der Waals surface area contributed by atoms with Crippen LogP contribution in [0, 0.1) is 0 Å². The van der Waals surface area contributed by atoms with Crippen LogP contribution in [0.2, 0.25) is 0 Å². The average molecular weight is 319 g/mol. The van der Waals surface area contributed by atoms with Crippen LogP contribution in [0.4, 0.5) is 5.13 Å². The molecule has 1 amide bonds. The molecule has 6 heteroatoms. The largest absolute Gasteiger partial charge is 0.481 e. The first-order valence-corrected chi connectivity index (χ1v) is 8.21. The second kappa shape index (κ2) is 7.35. The molecule has 2 rings (SSSR count). The number of carbonyl (C=O) groups excluding carboxylic acids is 1. The zero-order chi connectivity index (χ0) is 16.1. The Bertz CT molecular complexity index is 623. The van der Waals surface area contributed by atoms with E-state index in [2.05, 4.69) is 29.4 Å². The summed E-state index contributed by atoms with van der Waals surface area (Å²) in [6, 6.07) is 7.81. The fourth-order valence-corrected chi connectivity index (χ4v) is 2.53. The van der Waals surface area contributed by atoms with Crippen molar-refractivity contribution in [3.63, 3.8) is 0 Å². The van der Waals surface area contributed by atoms with Crippen LogP contribution in [0.25, 0.3) is 0 Å². The van der Waals surface area contributed by atoms with Crippen molar-refractivity contribution in [2.75, 3.05) is 5.32 Å². The van der Waals surface area contributed by atoms with Crippen molar-refractivity contribution in [2.45, 2.75) is 46.1 Å². The molecule has 5 nitrogen and oxygen atoms in total. The van der Waals surface area contributed by atoms with E-state index in [4.69, 9.17) is 4.74 Å². The maximum absolute atomic E-state index is 12.1. The lowest BCUT2D eigenvalue weighted by Gasteiger charge is -2.14. The minimum Gasteiger partial charge on any atom is -0.481 e. The summed E-state index contributed by atoms with van der Waals surface area (Å²) in [6.07, 6.45) is 0.209. The SMILES string of the molecule is CCc1nnc(NC(=O)C(C)Oc2ccc(C(C)C)cc2)s1. The maximum Gasteiger partial charge on any atom is 0.266 e. The van der Waals surface area contributed by atoms with Crippen LogP contribution < -0.4 is 10.1 Å². The van der Waals surface area contributed by atoms with Gasteiger partial charge in [0.05, 0.1) is 0 Å². The predicted octanol–water partition coefficient (Wildman–Crippen LogP) is 3.63. The van der Waals surface area contributed by atoms with Crippen molar-refractivity contribution in [1.29, 1.82) is 0 Å². The average Bonchev–Trinajstić information content (AvgIpc) is 2.95. The van der Waals surface area contributed by atoms with Gasteiger partial charge in [0.2, 0.25) is 5.13 Å². The number of nitrogens with zero attached hydrogens (tertiary/aromatic N) is 2. The summed E-state index contributed by atoms with van der Waals surface area (Å²) in [5.74, 6) is 0.922. The molecule has 0 saturated heterocycles. The van der Waals surface area contributed by atoms with E-state index >= 15 is 0 Å². The lowest BCUT2D eigenvalue weighted by atomic mass is 10.0. The molecule has 1 N–H and O–H groups in total. The van der Waals surface area contributed by atoms with Crippen molar-refractivity contribution in [3.8, 4) is 5.75 Å². The van der Waals surface area contributed by atoms with E-state index in [9.17, 15) is 4.79 Å². The van der Waals surface area contributed by atoms with Crippen LogP contribution in [-0.2, 0) is 11.2 Å². The van der Waals surface area contributed by atoms with E-state index in [1.807, 2.05) is 31.2 Å². The molecule has 118 valence electrons. The molecule has 0 radical (unpaired) electrons. The Hall–Kier alpha value is -1.95. The summed E-state index contributed by atoms with van der Waals surface area (Å²) in [4.78, 5) is 12.1. The minimum absolute atomic E-state index is 0.230. The van der Waals surface area contributed by atoms with Crippen LogP contribution in [0.15, 0.2) is 24.3 Å². The summed E-state index contributed by atoms with van der Waals surface area (Å²) in [7, 11) is 0. The normalized spacial score (nSPS) is 12.2. The highest BCUT2D eigenvalue weighted by Gasteiger charge is 2.17. The van der Waals surface area contributed by atoms with Gasteiger partial charge in [0, 0.05) is 0 Å². The number of aryl methyl sites for hydroxylation is 1. The van der Waals surface area contributed by atoms with E-state index in [-0.39, 0.29) is 5.91 Å². The molecule has 0 bridgehead atoms. The van der Waals surface area contributed by atoms with Crippen molar-refractivity contribution in [2.24, 2.45) is 0 Å². The first-order valence-electron chi connectivity index (χ1n) is 7.39. The molecule has 2 aromatic rings. The molecule has 1 heterocycles. The highest BCUT2D eigenvalue weighted by Crippen LogP contribution is 2.20. The number of amides is 1. The number of nitrogens with one attached hydrogen (secondary N) is 1. The van der Waals surface area contributed by atoms with Crippen molar-refractivity contribution >= 4 is 22.4 Å². The van der Waals surface area contributed by atoms with E-state index < -0.39 is 6.10 Å². The molecule has 1 unspecified atom stereocenters. The molecule has 0 fully saturated rings. The Labute approximate surface area is 134 Å². The zero-order valence-electron chi connectivity index (χ0n) is 13.3. The van der Waals surface area contributed by atoms with Crippen LogP contribution in [0.1, 0.15) is 44.2 Å². The molecule has 0 saturated carbocycles. The fourth-order valence-electron chi connectivity index (χ4n) is 1.84. The molecule has 0 spiro atoms. The monoisotopic (exact) mass is 319 g/mol. The van der Waals surface area contributed by atoms with Crippen LogP contribution in [0.3, 0.4) is 0 Å². The van der Waals surface area contributed by atoms with Gasteiger partial charge in [0.15, 0.2) is 6.10 Å². The smallest absolute Gasteiger partial charge is 0.266 e. The first-order chi connectivity index (χ1) is 10.5.